The van der Waals surface area contributed by atoms with Crippen molar-refractivity contribution in [2.75, 3.05) is 20.2 Å². The lowest BCUT2D eigenvalue weighted by molar-refractivity contribution is -0.139. The Labute approximate surface area is 98.0 Å². The van der Waals surface area contributed by atoms with Crippen molar-refractivity contribution >= 4 is 5.91 Å². The largest absolute Gasteiger partial charge is 0.395 e. The number of aliphatic hydroxyl groups excluding tert-OH is 1. The zero-order valence-corrected chi connectivity index (χ0v) is 10.6. The van der Waals surface area contributed by atoms with E-state index >= 15 is 0 Å². The maximum absolute atomic E-state index is 12.3. The van der Waals surface area contributed by atoms with Crippen LogP contribution in [0.4, 0.5) is 0 Å². The molecule has 0 saturated heterocycles. The number of aliphatic hydroxyl groups is 1. The molecular weight excluding hydrogens is 204 g/mol. The number of carbonyl (C=O) groups is 1. The lowest BCUT2D eigenvalue weighted by Crippen LogP contribution is -2.55. The van der Waals surface area contributed by atoms with E-state index in [1.807, 2.05) is 18.7 Å². The minimum atomic E-state index is -0.544. The van der Waals surface area contributed by atoms with Crippen LogP contribution in [0.15, 0.2) is 0 Å². The molecule has 1 saturated carbocycles. The molecule has 0 aromatic heterocycles. The first-order valence-corrected chi connectivity index (χ1v) is 6.13. The average Bonchev–Trinajstić information content (AvgIpc) is 2.78. The summed E-state index contributed by atoms with van der Waals surface area (Å²) in [7, 11) is 1.80. The number of likely N-dealkylation sites (N-methyl/N-ethyl adjacent to an activating group) is 1. The Morgan fingerprint density at radius 1 is 1.44 bits per heavy atom. The van der Waals surface area contributed by atoms with Crippen molar-refractivity contribution in [3.8, 4) is 0 Å². The molecule has 1 fully saturated rings. The summed E-state index contributed by atoms with van der Waals surface area (Å²) in [5.41, 5.74) is -0.544. The fraction of sp³-hybridized carbons (Fsp3) is 0.917. The van der Waals surface area contributed by atoms with Gasteiger partial charge in [-0.1, -0.05) is 12.8 Å². The summed E-state index contributed by atoms with van der Waals surface area (Å²) in [4.78, 5) is 14.2. The molecule has 4 heteroatoms. The third-order valence-electron chi connectivity index (χ3n) is 3.53. The smallest absolute Gasteiger partial charge is 0.242 e. The maximum Gasteiger partial charge on any atom is 0.242 e. The van der Waals surface area contributed by atoms with Gasteiger partial charge in [0.15, 0.2) is 0 Å². The van der Waals surface area contributed by atoms with E-state index in [0.717, 1.165) is 12.8 Å². The molecule has 1 aliphatic rings. The lowest BCUT2D eigenvalue weighted by atomic mass is 10.0. The van der Waals surface area contributed by atoms with Gasteiger partial charge in [-0.2, -0.15) is 0 Å². The second-order valence-corrected chi connectivity index (χ2v) is 5.04. The van der Waals surface area contributed by atoms with Crippen LogP contribution in [0.5, 0.6) is 0 Å². The third kappa shape index (κ3) is 2.95. The molecule has 1 rings (SSSR count). The first kappa shape index (κ1) is 13.5. The van der Waals surface area contributed by atoms with E-state index in [2.05, 4.69) is 5.32 Å². The fourth-order valence-corrected chi connectivity index (χ4v) is 2.24. The SMILES string of the molecule is CNC(C)(C)C(=O)N(CCO)C1CCCC1. The van der Waals surface area contributed by atoms with Gasteiger partial charge in [-0.25, -0.2) is 0 Å². The molecule has 0 aliphatic heterocycles. The van der Waals surface area contributed by atoms with E-state index in [1.165, 1.54) is 12.8 Å². The van der Waals surface area contributed by atoms with Gasteiger partial charge in [0.2, 0.25) is 5.91 Å². The molecular formula is C12H24N2O2. The Morgan fingerprint density at radius 3 is 2.44 bits per heavy atom. The number of hydrogen-bond acceptors (Lipinski definition) is 3. The maximum atomic E-state index is 12.3. The monoisotopic (exact) mass is 228 g/mol. The van der Waals surface area contributed by atoms with Gasteiger partial charge >= 0.3 is 0 Å². The molecule has 2 N–H and O–H groups in total. The van der Waals surface area contributed by atoms with Crippen molar-refractivity contribution in [1.82, 2.24) is 10.2 Å². The highest BCUT2D eigenvalue weighted by molar-refractivity contribution is 5.85. The molecule has 0 bridgehead atoms. The van der Waals surface area contributed by atoms with Crippen molar-refractivity contribution in [3.63, 3.8) is 0 Å². The molecule has 0 atom stereocenters. The van der Waals surface area contributed by atoms with Gasteiger partial charge < -0.3 is 15.3 Å². The van der Waals surface area contributed by atoms with Crippen molar-refractivity contribution in [1.29, 1.82) is 0 Å². The fourth-order valence-electron chi connectivity index (χ4n) is 2.24. The van der Waals surface area contributed by atoms with Gasteiger partial charge in [0.05, 0.1) is 12.1 Å². The summed E-state index contributed by atoms with van der Waals surface area (Å²) in [5.74, 6) is 0.0935. The first-order valence-electron chi connectivity index (χ1n) is 6.13. The van der Waals surface area contributed by atoms with E-state index in [1.54, 1.807) is 7.05 Å². The summed E-state index contributed by atoms with van der Waals surface area (Å²) >= 11 is 0. The Bertz CT molecular complexity index is 235. The predicted molar refractivity (Wildman–Crippen MR) is 64.2 cm³/mol. The second kappa shape index (κ2) is 5.64. The Morgan fingerprint density at radius 2 is 2.00 bits per heavy atom. The normalized spacial score (nSPS) is 17.8. The molecule has 4 nitrogen and oxygen atoms in total. The van der Waals surface area contributed by atoms with Crippen LogP contribution >= 0.6 is 0 Å². The minimum Gasteiger partial charge on any atom is -0.395 e. The van der Waals surface area contributed by atoms with Crippen LogP contribution < -0.4 is 5.32 Å². The Hall–Kier alpha value is -0.610. The molecule has 0 spiro atoms. The number of carbonyl (C=O) groups excluding carboxylic acids is 1. The quantitative estimate of drug-likeness (QED) is 0.730. The van der Waals surface area contributed by atoms with Crippen LogP contribution in [-0.4, -0.2) is 47.7 Å². The highest BCUT2D eigenvalue weighted by Gasteiger charge is 2.34. The zero-order chi connectivity index (χ0) is 12.2. The van der Waals surface area contributed by atoms with E-state index in [-0.39, 0.29) is 12.5 Å². The summed E-state index contributed by atoms with van der Waals surface area (Å²) in [6, 6.07) is 0.326. The van der Waals surface area contributed by atoms with E-state index in [4.69, 9.17) is 5.11 Å². The van der Waals surface area contributed by atoms with Crippen molar-refractivity contribution in [2.24, 2.45) is 0 Å². The van der Waals surface area contributed by atoms with Crippen LogP contribution in [0.2, 0.25) is 0 Å². The number of nitrogens with zero attached hydrogens (tertiary/aromatic N) is 1. The zero-order valence-electron chi connectivity index (χ0n) is 10.6. The standard InChI is InChI=1S/C12H24N2O2/c1-12(2,13-3)11(16)14(8-9-15)10-6-4-5-7-10/h10,13,15H,4-9H2,1-3H3. The van der Waals surface area contributed by atoms with Gasteiger partial charge in [0, 0.05) is 12.6 Å². The van der Waals surface area contributed by atoms with Gasteiger partial charge in [0.25, 0.3) is 0 Å². The molecule has 0 aromatic carbocycles. The first-order chi connectivity index (χ1) is 7.53. The van der Waals surface area contributed by atoms with Crippen molar-refractivity contribution < 1.29 is 9.90 Å². The van der Waals surface area contributed by atoms with Gasteiger partial charge in [-0.05, 0) is 33.7 Å². The molecule has 94 valence electrons. The average molecular weight is 228 g/mol. The highest BCUT2D eigenvalue weighted by atomic mass is 16.3. The number of amides is 1. The number of hydrogen-bond donors (Lipinski definition) is 2. The van der Waals surface area contributed by atoms with E-state index in [0.29, 0.717) is 12.6 Å². The molecule has 0 unspecified atom stereocenters. The van der Waals surface area contributed by atoms with Crippen LogP contribution in [0.1, 0.15) is 39.5 Å². The summed E-state index contributed by atoms with van der Waals surface area (Å²) in [5, 5.41) is 12.1. The molecule has 0 aromatic rings. The van der Waals surface area contributed by atoms with Crippen LogP contribution in [0.25, 0.3) is 0 Å². The topological polar surface area (TPSA) is 52.6 Å². The minimum absolute atomic E-state index is 0.0437. The molecule has 1 aliphatic carbocycles. The van der Waals surface area contributed by atoms with Crippen molar-refractivity contribution in [2.45, 2.75) is 51.1 Å². The van der Waals surface area contributed by atoms with Gasteiger partial charge in [-0.3, -0.25) is 4.79 Å². The predicted octanol–water partition coefficient (Wildman–Crippen LogP) is 0.748. The summed E-state index contributed by atoms with van der Waals surface area (Å²) in [6.07, 6.45) is 4.54. The van der Waals surface area contributed by atoms with Gasteiger partial charge in [-0.15, -0.1) is 0 Å². The van der Waals surface area contributed by atoms with Crippen LogP contribution in [0, 0.1) is 0 Å². The lowest BCUT2D eigenvalue weighted by Gasteiger charge is -2.35. The molecule has 0 radical (unpaired) electrons. The third-order valence-corrected chi connectivity index (χ3v) is 3.53. The van der Waals surface area contributed by atoms with E-state index < -0.39 is 5.54 Å². The molecule has 1 amide bonds. The van der Waals surface area contributed by atoms with Crippen LogP contribution in [0.3, 0.4) is 0 Å². The summed E-state index contributed by atoms with van der Waals surface area (Å²) in [6.45, 7) is 4.26. The Kier molecular flexibility index (Phi) is 4.74. The molecule has 0 heterocycles. The number of rotatable bonds is 5. The van der Waals surface area contributed by atoms with Crippen LogP contribution in [-0.2, 0) is 4.79 Å². The van der Waals surface area contributed by atoms with Gasteiger partial charge in [0.1, 0.15) is 0 Å². The highest BCUT2D eigenvalue weighted by Crippen LogP contribution is 2.25. The van der Waals surface area contributed by atoms with Crippen molar-refractivity contribution in [3.05, 3.63) is 0 Å². The van der Waals surface area contributed by atoms with E-state index in [9.17, 15) is 4.79 Å². The summed E-state index contributed by atoms with van der Waals surface area (Å²) < 4.78 is 0. The second-order valence-electron chi connectivity index (χ2n) is 5.04. The Balaban J connectivity index is 2.72. The molecule has 16 heavy (non-hydrogen) atoms. The number of nitrogens with one attached hydrogen (secondary N) is 1.